The molecule has 2 rings (SSSR count). The fourth-order valence-electron chi connectivity index (χ4n) is 1.61. The molecule has 0 fully saturated rings. The fourth-order valence-corrected chi connectivity index (χ4v) is 1.61. The van der Waals surface area contributed by atoms with Crippen molar-refractivity contribution in [2.75, 3.05) is 0 Å². The number of alkyl halides is 3. The van der Waals surface area contributed by atoms with Crippen LogP contribution in [0, 0.1) is 11.7 Å². The molecule has 2 nitrogen and oxygen atoms in total. The highest BCUT2D eigenvalue weighted by Crippen LogP contribution is 2.38. The largest absolute Gasteiger partial charge is 0.419 e. The van der Waals surface area contributed by atoms with Gasteiger partial charge in [0, 0.05) is 11.8 Å². The number of rotatable bonds is 0. The molecule has 90 valence electrons. The Morgan fingerprint density at radius 3 is 2.53 bits per heavy atom. The molecule has 0 aromatic heterocycles. The third-order valence-corrected chi connectivity index (χ3v) is 2.53. The fraction of sp³-hybridized carbons (Fsp3) is 0.273. The van der Waals surface area contributed by atoms with Crippen LogP contribution < -0.4 is 0 Å². The van der Waals surface area contributed by atoms with Gasteiger partial charge in [-0.25, -0.2) is 4.39 Å². The molecule has 1 aliphatic rings. The molecule has 0 aliphatic carbocycles. The Balaban J connectivity index is 2.65. The highest BCUT2D eigenvalue weighted by Gasteiger charge is 2.37. The maximum absolute atomic E-state index is 13.6. The monoisotopic (exact) mass is 245 g/mol. The minimum Gasteiger partial charge on any atom is -0.293 e. The number of benzene rings is 1. The first-order valence-corrected chi connectivity index (χ1v) is 4.80. The maximum Gasteiger partial charge on any atom is 0.419 e. The van der Waals surface area contributed by atoms with Gasteiger partial charge in [0.15, 0.2) is 11.6 Å². The minimum atomic E-state index is -4.79. The van der Waals surface area contributed by atoms with Crippen molar-refractivity contribution >= 4 is 17.7 Å². The first-order valence-electron chi connectivity index (χ1n) is 4.80. The quantitative estimate of drug-likeness (QED) is 0.644. The second kappa shape index (κ2) is 3.65. The van der Waals surface area contributed by atoms with Crippen molar-refractivity contribution in [3.63, 3.8) is 0 Å². The number of Topliss-reactive ketones (excluding diaryl/α,β-unsaturated/α-hetero) is 1. The summed E-state index contributed by atoms with van der Waals surface area (Å²) in [4.78, 5) is 15.2. The standard InChI is InChI=1S/C11H7F4NO/c1-5-4-16-9-6(10(5)17)2-3-7(8(9)12)11(13,14)15/h2-5H,1H3. The van der Waals surface area contributed by atoms with E-state index in [0.29, 0.717) is 6.07 Å². The van der Waals surface area contributed by atoms with Gasteiger partial charge in [-0.1, -0.05) is 6.92 Å². The second-order valence-electron chi connectivity index (χ2n) is 3.75. The Labute approximate surface area is 94.0 Å². The van der Waals surface area contributed by atoms with Crippen LogP contribution in [0.15, 0.2) is 17.1 Å². The molecular weight excluding hydrogens is 238 g/mol. The molecule has 0 saturated carbocycles. The van der Waals surface area contributed by atoms with Gasteiger partial charge in [0.05, 0.1) is 11.5 Å². The molecule has 0 saturated heterocycles. The highest BCUT2D eigenvalue weighted by molar-refractivity contribution is 6.12. The van der Waals surface area contributed by atoms with Crippen LogP contribution in [0.3, 0.4) is 0 Å². The minimum absolute atomic E-state index is 0.106. The molecule has 1 aliphatic heterocycles. The molecule has 1 heterocycles. The summed E-state index contributed by atoms with van der Waals surface area (Å²) in [6.07, 6.45) is -3.64. The SMILES string of the molecule is CC1C=Nc2c(ccc(C(F)(F)F)c2F)C1=O. The van der Waals surface area contributed by atoms with Gasteiger partial charge in [-0.15, -0.1) is 0 Å². The molecule has 1 aromatic carbocycles. The number of halogens is 4. The van der Waals surface area contributed by atoms with Crippen molar-refractivity contribution in [1.82, 2.24) is 0 Å². The molecule has 17 heavy (non-hydrogen) atoms. The topological polar surface area (TPSA) is 29.4 Å². The third-order valence-electron chi connectivity index (χ3n) is 2.53. The van der Waals surface area contributed by atoms with Crippen molar-refractivity contribution in [3.8, 4) is 0 Å². The number of fused-ring (bicyclic) bond motifs is 1. The first kappa shape index (κ1) is 11.8. The summed E-state index contributed by atoms with van der Waals surface area (Å²) in [5.41, 5.74) is -2.04. The van der Waals surface area contributed by atoms with E-state index in [2.05, 4.69) is 4.99 Å². The lowest BCUT2D eigenvalue weighted by molar-refractivity contribution is -0.139. The van der Waals surface area contributed by atoms with Crippen LogP contribution in [0.2, 0.25) is 0 Å². The summed E-state index contributed by atoms with van der Waals surface area (Å²) < 4.78 is 50.8. The predicted molar refractivity (Wildman–Crippen MR) is 53.0 cm³/mol. The lowest BCUT2D eigenvalue weighted by Gasteiger charge is -2.16. The van der Waals surface area contributed by atoms with Crippen LogP contribution in [-0.2, 0) is 6.18 Å². The molecule has 6 heteroatoms. The van der Waals surface area contributed by atoms with Gasteiger partial charge in [0.2, 0.25) is 0 Å². The van der Waals surface area contributed by atoms with Crippen LogP contribution >= 0.6 is 0 Å². The number of carbonyl (C=O) groups excluding carboxylic acids is 1. The van der Waals surface area contributed by atoms with Crippen LogP contribution in [0.4, 0.5) is 23.2 Å². The first-order chi connectivity index (χ1) is 7.82. The number of nitrogens with zero attached hydrogens (tertiary/aromatic N) is 1. The maximum atomic E-state index is 13.6. The number of hydrogen-bond acceptors (Lipinski definition) is 2. The van der Waals surface area contributed by atoms with Crippen molar-refractivity contribution in [1.29, 1.82) is 0 Å². The van der Waals surface area contributed by atoms with Gasteiger partial charge in [0.25, 0.3) is 0 Å². The van der Waals surface area contributed by atoms with E-state index in [1.165, 1.54) is 0 Å². The van der Waals surface area contributed by atoms with Crippen LogP contribution in [0.1, 0.15) is 22.8 Å². The van der Waals surface area contributed by atoms with E-state index in [1.807, 2.05) is 0 Å². The van der Waals surface area contributed by atoms with E-state index in [1.54, 1.807) is 6.92 Å². The molecule has 0 N–H and O–H groups in total. The van der Waals surface area contributed by atoms with E-state index < -0.39 is 34.9 Å². The van der Waals surface area contributed by atoms with Gasteiger partial charge in [0.1, 0.15) is 5.69 Å². The Morgan fingerprint density at radius 1 is 1.29 bits per heavy atom. The van der Waals surface area contributed by atoms with Gasteiger partial charge < -0.3 is 0 Å². The summed E-state index contributed by atoms with van der Waals surface area (Å²) in [6.45, 7) is 1.55. The molecule has 0 spiro atoms. The zero-order chi connectivity index (χ0) is 12.8. The molecule has 0 bridgehead atoms. The van der Waals surface area contributed by atoms with Crippen LogP contribution in [0.5, 0.6) is 0 Å². The van der Waals surface area contributed by atoms with Gasteiger partial charge in [-0.2, -0.15) is 13.2 Å². The zero-order valence-corrected chi connectivity index (χ0v) is 8.68. The summed E-state index contributed by atoms with van der Waals surface area (Å²) in [5.74, 6) is -2.47. The number of aliphatic imine (C=N–C) groups is 1. The summed E-state index contributed by atoms with van der Waals surface area (Å²) in [7, 11) is 0. The second-order valence-corrected chi connectivity index (χ2v) is 3.75. The van der Waals surface area contributed by atoms with E-state index in [4.69, 9.17) is 0 Å². The van der Waals surface area contributed by atoms with Gasteiger partial charge >= 0.3 is 6.18 Å². The van der Waals surface area contributed by atoms with E-state index in [9.17, 15) is 22.4 Å². The van der Waals surface area contributed by atoms with Crippen molar-refractivity contribution in [2.24, 2.45) is 10.9 Å². The predicted octanol–water partition coefficient (Wildman–Crippen LogP) is 3.38. The lowest BCUT2D eigenvalue weighted by Crippen LogP contribution is -2.18. The Bertz CT molecular complexity index is 519. The normalized spacial score (nSPS) is 19.4. The van der Waals surface area contributed by atoms with Crippen molar-refractivity contribution in [2.45, 2.75) is 13.1 Å². The average molecular weight is 245 g/mol. The van der Waals surface area contributed by atoms with Gasteiger partial charge in [-0.05, 0) is 12.1 Å². The van der Waals surface area contributed by atoms with Crippen LogP contribution in [-0.4, -0.2) is 12.0 Å². The third kappa shape index (κ3) is 1.83. The van der Waals surface area contributed by atoms with Crippen LogP contribution in [0.25, 0.3) is 0 Å². The molecule has 0 radical (unpaired) electrons. The van der Waals surface area contributed by atoms with Gasteiger partial charge in [-0.3, -0.25) is 9.79 Å². The van der Waals surface area contributed by atoms with E-state index in [-0.39, 0.29) is 5.56 Å². The molecule has 1 aromatic rings. The average Bonchev–Trinajstić information content (AvgIpc) is 2.22. The number of hydrogen-bond donors (Lipinski definition) is 0. The zero-order valence-electron chi connectivity index (χ0n) is 8.68. The number of carbonyl (C=O) groups is 1. The summed E-state index contributed by atoms with van der Waals surface area (Å²) in [5, 5.41) is 0. The molecule has 0 amide bonds. The molecule has 1 unspecified atom stereocenters. The molecular formula is C11H7F4NO. The van der Waals surface area contributed by atoms with Crippen molar-refractivity contribution < 1.29 is 22.4 Å². The highest BCUT2D eigenvalue weighted by atomic mass is 19.4. The molecule has 1 atom stereocenters. The summed E-state index contributed by atoms with van der Waals surface area (Å²) >= 11 is 0. The Kier molecular flexibility index (Phi) is 2.52. The Hall–Kier alpha value is -1.72. The van der Waals surface area contributed by atoms with E-state index in [0.717, 1.165) is 12.3 Å². The van der Waals surface area contributed by atoms with Crippen molar-refractivity contribution in [3.05, 3.63) is 29.1 Å². The Morgan fingerprint density at radius 2 is 1.94 bits per heavy atom. The summed E-state index contributed by atoms with van der Waals surface area (Å²) in [6, 6.07) is 1.54. The lowest BCUT2D eigenvalue weighted by atomic mass is 9.94. The number of ketones is 1. The smallest absolute Gasteiger partial charge is 0.293 e. The van der Waals surface area contributed by atoms with E-state index >= 15 is 0 Å².